The molecule has 0 radical (unpaired) electrons. The Morgan fingerprint density at radius 2 is 1.76 bits per heavy atom. The lowest BCUT2D eigenvalue weighted by Crippen LogP contribution is -2.72. The van der Waals surface area contributed by atoms with E-state index in [4.69, 9.17) is 9.47 Å². The number of carbonyl (C=O) groups is 1. The summed E-state index contributed by atoms with van der Waals surface area (Å²) < 4.78 is 11.5. The van der Waals surface area contributed by atoms with Crippen LogP contribution >= 0.6 is 0 Å². The van der Waals surface area contributed by atoms with E-state index in [2.05, 4.69) is 4.98 Å². The molecule has 198 valence electrons. The molecule has 9 nitrogen and oxygen atoms in total. The van der Waals surface area contributed by atoms with E-state index in [1.165, 1.54) is 0 Å². The van der Waals surface area contributed by atoms with Crippen LogP contribution in [0.15, 0.2) is 48.5 Å². The van der Waals surface area contributed by atoms with Crippen LogP contribution in [0.1, 0.15) is 37.8 Å². The molecule has 3 aliphatic rings. The van der Waals surface area contributed by atoms with Gasteiger partial charge in [-0.1, -0.05) is 30.3 Å². The largest absolute Gasteiger partial charge is 0.422 e. The zero-order chi connectivity index (χ0) is 26.4. The molecule has 3 fully saturated rings. The number of benzene rings is 3. The number of aromatic amines is 1. The highest BCUT2D eigenvalue weighted by atomic mass is 16.7. The first-order valence-electron chi connectivity index (χ1n) is 13.0. The van der Waals surface area contributed by atoms with Gasteiger partial charge in [-0.25, -0.2) is 4.79 Å². The molecule has 38 heavy (non-hydrogen) atoms. The number of aromatic nitrogens is 1. The molecule has 7 rings (SSSR count). The van der Waals surface area contributed by atoms with Crippen molar-refractivity contribution in [2.24, 2.45) is 5.92 Å². The van der Waals surface area contributed by atoms with Crippen molar-refractivity contribution in [2.45, 2.75) is 67.9 Å². The van der Waals surface area contributed by atoms with Gasteiger partial charge < -0.3 is 40.0 Å². The molecule has 1 saturated heterocycles. The van der Waals surface area contributed by atoms with E-state index in [0.717, 1.165) is 21.5 Å². The normalized spacial score (nSPS) is 34.6. The summed E-state index contributed by atoms with van der Waals surface area (Å²) in [6, 6.07) is 15.7. The van der Waals surface area contributed by atoms with Gasteiger partial charge in [-0.2, -0.15) is 0 Å². The zero-order valence-corrected chi connectivity index (χ0v) is 20.6. The minimum absolute atomic E-state index is 0.0336. The van der Waals surface area contributed by atoms with Crippen LogP contribution in [0.25, 0.3) is 32.4 Å². The number of hydrogen-bond acceptors (Lipinski definition) is 8. The van der Waals surface area contributed by atoms with Crippen LogP contribution < -0.4 is 4.74 Å². The van der Waals surface area contributed by atoms with Crippen LogP contribution in [-0.2, 0) is 16.1 Å². The standard InChI is InChI=1S/C29H29NO8/c31-14-21-23(22-19-13-16-5-2-1-4-15(16)12-17(19)7-8-20(22)30-21)37-26(33)24-25(32)28(35)11-9-18-6-3-10-27(18,34)29(28,36)38-24/h1-2,4-5,7-8,12-13,18,24-25,30-32,34-36H,3,6,9-11,14H2. The van der Waals surface area contributed by atoms with Gasteiger partial charge in [0.25, 0.3) is 0 Å². The Kier molecular flexibility index (Phi) is 5.05. The third kappa shape index (κ3) is 2.94. The fourth-order valence-corrected chi connectivity index (χ4v) is 7.17. The van der Waals surface area contributed by atoms with Gasteiger partial charge in [-0.05, 0) is 77.8 Å². The number of carbonyl (C=O) groups excluding carboxylic acids is 1. The van der Waals surface area contributed by atoms with E-state index >= 15 is 0 Å². The number of fused-ring (bicyclic) bond motifs is 7. The lowest BCUT2D eigenvalue weighted by Gasteiger charge is -2.52. The number of ether oxygens (including phenoxy) is 2. The molecule has 6 atom stereocenters. The third-order valence-corrected chi connectivity index (χ3v) is 9.17. The van der Waals surface area contributed by atoms with Gasteiger partial charge in [0.1, 0.15) is 17.3 Å². The van der Waals surface area contributed by atoms with E-state index in [9.17, 15) is 30.3 Å². The van der Waals surface area contributed by atoms with Crippen LogP contribution in [0, 0.1) is 5.92 Å². The highest BCUT2D eigenvalue weighted by molar-refractivity contribution is 6.14. The fraction of sp³-hybridized carbons (Fsp3) is 0.414. The van der Waals surface area contributed by atoms with E-state index < -0.39 is 41.8 Å². The summed E-state index contributed by atoms with van der Waals surface area (Å²) in [6.45, 7) is -0.449. The molecule has 3 aromatic carbocycles. The summed E-state index contributed by atoms with van der Waals surface area (Å²) in [5.41, 5.74) is -3.13. The van der Waals surface area contributed by atoms with Crippen molar-refractivity contribution >= 4 is 38.4 Å². The van der Waals surface area contributed by atoms with Gasteiger partial charge in [0, 0.05) is 0 Å². The smallest absolute Gasteiger partial charge is 0.343 e. The van der Waals surface area contributed by atoms with Gasteiger partial charge in [0.15, 0.2) is 11.9 Å². The first kappa shape index (κ1) is 24.0. The lowest BCUT2D eigenvalue weighted by molar-refractivity contribution is -0.367. The SMILES string of the molecule is O=C(Oc1c(CO)[nH]c2ccc3cc4ccccc4cc3c12)C1OC2(O)C3(O)CCCC3CCC2(O)C1O. The van der Waals surface area contributed by atoms with Gasteiger partial charge in [0.2, 0.25) is 5.79 Å². The Balaban J connectivity index is 1.31. The van der Waals surface area contributed by atoms with Gasteiger partial charge in [-0.15, -0.1) is 0 Å². The van der Waals surface area contributed by atoms with Crippen LogP contribution in [0.4, 0.5) is 0 Å². The molecule has 0 bridgehead atoms. The number of esters is 1. The molecular weight excluding hydrogens is 490 g/mol. The Labute approximate surface area is 217 Å². The van der Waals surface area contributed by atoms with Crippen molar-refractivity contribution in [3.63, 3.8) is 0 Å². The van der Waals surface area contributed by atoms with Crippen LogP contribution in [-0.4, -0.2) is 65.7 Å². The number of rotatable bonds is 3. The van der Waals surface area contributed by atoms with Crippen LogP contribution in [0.2, 0.25) is 0 Å². The lowest BCUT2D eigenvalue weighted by atomic mass is 9.64. The molecule has 0 spiro atoms. The zero-order valence-electron chi connectivity index (χ0n) is 20.6. The van der Waals surface area contributed by atoms with Crippen LogP contribution in [0.5, 0.6) is 5.75 Å². The fourth-order valence-electron chi connectivity index (χ4n) is 7.17. The van der Waals surface area contributed by atoms with E-state index in [1.54, 1.807) is 0 Å². The molecule has 1 aromatic heterocycles. The maximum Gasteiger partial charge on any atom is 0.343 e. The van der Waals surface area contributed by atoms with E-state index in [1.807, 2.05) is 48.5 Å². The Bertz CT molecular complexity index is 1610. The summed E-state index contributed by atoms with van der Waals surface area (Å²) in [6.07, 6.45) is -1.76. The van der Waals surface area contributed by atoms with Crippen molar-refractivity contribution < 1.29 is 39.8 Å². The molecular formula is C29H29NO8. The van der Waals surface area contributed by atoms with Crippen molar-refractivity contribution in [2.75, 3.05) is 0 Å². The predicted octanol–water partition coefficient (Wildman–Crippen LogP) is 2.38. The second-order valence-corrected chi connectivity index (χ2v) is 11.0. The minimum Gasteiger partial charge on any atom is -0.422 e. The summed E-state index contributed by atoms with van der Waals surface area (Å²) in [5, 5.41) is 59.7. The summed E-state index contributed by atoms with van der Waals surface area (Å²) >= 11 is 0. The number of H-pyrrole nitrogens is 1. The molecule has 2 heterocycles. The third-order valence-electron chi connectivity index (χ3n) is 9.17. The van der Waals surface area contributed by atoms with E-state index in [0.29, 0.717) is 30.2 Å². The van der Waals surface area contributed by atoms with Crippen molar-refractivity contribution in [1.82, 2.24) is 4.98 Å². The first-order chi connectivity index (χ1) is 18.2. The first-order valence-corrected chi connectivity index (χ1v) is 13.0. The highest BCUT2D eigenvalue weighted by Crippen LogP contribution is 2.59. The summed E-state index contributed by atoms with van der Waals surface area (Å²) in [5.74, 6) is -3.80. The minimum atomic E-state index is -2.52. The average molecular weight is 520 g/mol. The molecule has 4 aromatic rings. The average Bonchev–Trinajstić information content (AvgIpc) is 3.54. The molecule has 9 heteroatoms. The Morgan fingerprint density at radius 3 is 2.53 bits per heavy atom. The number of nitrogens with one attached hydrogen (secondary N) is 1. The maximum atomic E-state index is 13.5. The quantitative estimate of drug-likeness (QED) is 0.178. The Hall–Kier alpha value is -3.05. The molecule has 1 aliphatic heterocycles. The van der Waals surface area contributed by atoms with E-state index in [-0.39, 0.29) is 30.2 Å². The molecule has 6 unspecified atom stereocenters. The molecule has 0 amide bonds. The molecule has 6 N–H and O–H groups in total. The van der Waals surface area contributed by atoms with Crippen LogP contribution in [0.3, 0.4) is 0 Å². The summed E-state index contributed by atoms with van der Waals surface area (Å²) in [7, 11) is 0. The number of aliphatic hydroxyl groups excluding tert-OH is 2. The second kappa shape index (κ2) is 7.98. The van der Waals surface area contributed by atoms with Crippen molar-refractivity contribution in [3.05, 3.63) is 54.2 Å². The maximum absolute atomic E-state index is 13.5. The second-order valence-electron chi connectivity index (χ2n) is 11.0. The van der Waals surface area contributed by atoms with Crippen molar-refractivity contribution in [1.29, 1.82) is 0 Å². The van der Waals surface area contributed by atoms with Gasteiger partial charge in [-0.3, -0.25) is 0 Å². The van der Waals surface area contributed by atoms with Crippen molar-refractivity contribution in [3.8, 4) is 5.75 Å². The monoisotopic (exact) mass is 519 g/mol. The topological polar surface area (TPSA) is 152 Å². The van der Waals surface area contributed by atoms with Gasteiger partial charge >= 0.3 is 5.97 Å². The summed E-state index contributed by atoms with van der Waals surface area (Å²) in [4.78, 5) is 16.6. The number of aliphatic hydroxyl groups is 5. The molecule has 2 saturated carbocycles. The number of hydrogen-bond donors (Lipinski definition) is 6. The molecule has 2 aliphatic carbocycles. The highest BCUT2D eigenvalue weighted by Gasteiger charge is 2.78. The Morgan fingerprint density at radius 1 is 1.00 bits per heavy atom. The predicted molar refractivity (Wildman–Crippen MR) is 137 cm³/mol. The van der Waals surface area contributed by atoms with Gasteiger partial charge in [0.05, 0.1) is 23.2 Å².